The number of benzene rings is 4. The molecule has 0 spiro atoms. The summed E-state index contributed by atoms with van der Waals surface area (Å²) in [6, 6.07) is 31.6. The van der Waals surface area contributed by atoms with E-state index in [2.05, 4.69) is 10.2 Å². The van der Waals surface area contributed by atoms with Gasteiger partial charge in [0.2, 0.25) is 0 Å². The summed E-state index contributed by atoms with van der Waals surface area (Å²) in [4.78, 5) is 23.8. The molecule has 0 bridgehead atoms. The molecule has 5 aromatic rings. The highest BCUT2D eigenvalue weighted by molar-refractivity contribution is 6.51. The van der Waals surface area contributed by atoms with Crippen molar-refractivity contribution >= 4 is 40.2 Å². The number of ether oxygens (including phenoxy) is 1. The molecule has 0 radical (unpaired) electrons. The number of aliphatic imine (C=N–C) groups is 2. The number of nitrogens with zero attached hydrogens (tertiary/aromatic N) is 6. The highest BCUT2D eigenvalue weighted by Crippen LogP contribution is 2.48. The summed E-state index contributed by atoms with van der Waals surface area (Å²) < 4.78 is 7.45. The zero-order valence-corrected chi connectivity index (χ0v) is 23.5. The first kappa shape index (κ1) is 26.1. The van der Waals surface area contributed by atoms with Gasteiger partial charge in [0.25, 0.3) is 5.69 Å². The molecule has 0 saturated carbocycles. The first-order valence-corrected chi connectivity index (χ1v) is 14.0. The number of hydrogen-bond donors (Lipinski definition) is 1. The van der Waals surface area contributed by atoms with E-state index in [1.54, 1.807) is 12.1 Å². The molecule has 212 valence electrons. The number of amidine groups is 2. The Labute approximate surface area is 247 Å². The van der Waals surface area contributed by atoms with Crippen LogP contribution in [0.15, 0.2) is 113 Å². The molecule has 0 unspecified atom stereocenters. The largest absolute Gasteiger partial charge is 0.494 e. The molecule has 1 N–H and O–H groups in total. The molecule has 10 nitrogen and oxygen atoms in total. The fraction of sp³-hybridized carbons (Fsp3) is 0.121. The molecule has 10 heteroatoms. The Morgan fingerprint density at radius 1 is 0.930 bits per heavy atom. The van der Waals surface area contributed by atoms with Crippen LogP contribution in [0.1, 0.15) is 29.8 Å². The number of nitro groups is 1. The minimum Gasteiger partial charge on any atom is -0.494 e. The Hall–Kier alpha value is -5.77. The van der Waals surface area contributed by atoms with Crippen molar-refractivity contribution in [2.45, 2.75) is 19.9 Å². The number of nitrogens with one attached hydrogen (secondary N) is 1. The van der Waals surface area contributed by atoms with Crippen molar-refractivity contribution in [3.05, 3.63) is 130 Å². The van der Waals surface area contributed by atoms with Gasteiger partial charge in [-0.2, -0.15) is 5.10 Å². The number of aryl methyl sites for hydroxylation is 1. The maximum absolute atomic E-state index is 11.9. The summed E-state index contributed by atoms with van der Waals surface area (Å²) in [5, 5.41) is 20.2. The predicted octanol–water partition coefficient (Wildman–Crippen LogP) is 7.28. The van der Waals surface area contributed by atoms with Gasteiger partial charge >= 0.3 is 0 Å². The monoisotopic (exact) mass is 569 g/mol. The van der Waals surface area contributed by atoms with E-state index in [1.165, 1.54) is 6.07 Å². The number of para-hydroxylation sites is 3. The molecule has 0 amide bonds. The smallest absolute Gasteiger partial charge is 0.269 e. The van der Waals surface area contributed by atoms with Crippen LogP contribution in [0, 0.1) is 17.0 Å². The molecule has 1 aromatic heterocycles. The van der Waals surface area contributed by atoms with Crippen molar-refractivity contribution in [2.24, 2.45) is 9.98 Å². The van der Waals surface area contributed by atoms with E-state index < -0.39 is 6.04 Å². The number of rotatable bonds is 6. The van der Waals surface area contributed by atoms with E-state index >= 15 is 0 Å². The number of hydrogen-bond acceptors (Lipinski definition) is 8. The van der Waals surface area contributed by atoms with Crippen molar-refractivity contribution in [3.8, 4) is 11.4 Å². The van der Waals surface area contributed by atoms with Crippen LogP contribution in [0.3, 0.4) is 0 Å². The van der Waals surface area contributed by atoms with Crippen LogP contribution in [0.25, 0.3) is 5.69 Å². The summed E-state index contributed by atoms with van der Waals surface area (Å²) in [6.07, 6.45) is 0. The van der Waals surface area contributed by atoms with Crippen LogP contribution in [0.5, 0.6) is 5.75 Å². The maximum atomic E-state index is 11.9. The number of fused-ring (bicyclic) bond motifs is 4. The van der Waals surface area contributed by atoms with Gasteiger partial charge in [0.05, 0.1) is 40.3 Å². The van der Waals surface area contributed by atoms with Gasteiger partial charge in [-0.25, -0.2) is 14.7 Å². The van der Waals surface area contributed by atoms with Crippen molar-refractivity contribution in [1.29, 1.82) is 0 Å². The summed E-state index contributed by atoms with van der Waals surface area (Å²) in [5.74, 6) is 2.54. The molecule has 2 aliphatic rings. The van der Waals surface area contributed by atoms with E-state index in [9.17, 15) is 10.1 Å². The lowest BCUT2D eigenvalue weighted by Gasteiger charge is -2.40. The average Bonchev–Trinajstić information content (AvgIpc) is 3.37. The molecule has 0 aliphatic carbocycles. The number of nitro benzene ring substituents is 1. The third-order valence-electron chi connectivity index (χ3n) is 7.46. The molecule has 0 saturated heterocycles. The Balaban J connectivity index is 1.46. The van der Waals surface area contributed by atoms with Crippen molar-refractivity contribution in [3.63, 3.8) is 0 Å². The van der Waals surface area contributed by atoms with Gasteiger partial charge in [-0.1, -0.05) is 42.5 Å². The zero-order valence-electron chi connectivity index (χ0n) is 23.5. The molecule has 2 aliphatic heterocycles. The van der Waals surface area contributed by atoms with E-state index in [0.29, 0.717) is 24.1 Å². The lowest BCUT2D eigenvalue weighted by Crippen LogP contribution is -2.46. The highest BCUT2D eigenvalue weighted by atomic mass is 16.6. The number of non-ortho nitro benzene ring substituents is 1. The third-order valence-corrected chi connectivity index (χ3v) is 7.46. The SMILES string of the molecule is CCOc1ccc(NC2=Nc3ccccc3N3C2=Nc2c(c(C)nn2-c2ccccc2)[C@@H]3c2cccc([N+](=O)[O-])c2)cc1. The van der Waals surface area contributed by atoms with E-state index in [-0.39, 0.29) is 10.6 Å². The normalized spacial score (nSPS) is 15.0. The van der Waals surface area contributed by atoms with Crippen molar-refractivity contribution < 1.29 is 9.66 Å². The quantitative estimate of drug-likeness (QED) is 0.170. The van der Waals surface area contributed by atoms with Crippen LogP contribution >= 0.6 is 0 Å². The van der Waals surface area contributed by atoms with Gasteiger partial charge in [-0.15, -0.1) is 0 Å². The van der Waals surface area contributed by atoms with Gasteiger partial charge in [0.1, 0.15) is 5.75 Å². The second kappa shape index (κ2) is 10.6. The molecule has 1 atom stereocenters. The molecular weight excluding hydrogens is 542 g/mol. The van der Waals surface area contributed by atoms with E-state index in [1.807, 2.05) is 103 Å². The van der Waals surface area contributed by atoms with E-state index in [0.717, 1.165) is 45.3 Å². The van der Waals surface area contributed by atoms with Gasteiger partial charge in [0, 0.05) is 23.4 Å². The fourth-order valence-corrected chi connectivity index (χ4v) is 5.61. The minimum absolute atomic E-state index is 0.0166. The molecule has 43 heavy (non-hydrogen) atoms. The van der Waals surface area contributed by atoms with Gasteiger partial charge in [-0.05, 0) is 67.9 Å². The molecule has 4 aromatic carbocycles. The summed E-state index contributed by atoms with van der Waals surface area (Å²) in [6.45, 7) is 4.48. The Morgan fingerprint density at radius 3 is 2.47 bits per heavy atom. The van der Waals surface area contributed by atoms with Gasteiger partial charge < -0.3 is 15.0 Å². The zero-order chi connectivity index (χ0) is 29.5. The molecular formula is C33H27N7O3. The fourth-order valence-electron chi connectivity index (χ4n) is 5.61. The van der Waals surface area contributed by atoms with Gasteiger partial charge in [-0.3, -0.25) is 10.1 Å². The number of anilines is 2. The minimum atomic E-state index is -0.464. The number of aromatic nitrogens is 2. The second-order valence-electron chi connectivity index (χ2n) is 10.2. The maximum Gasteiger partial charge on any atom is 0.269 e. The molecule has 3 heterocycles. The molecule has 7 rings (SSSR count). The summed E-state index contributed by atoms with van der Waals surface area (Å²) in [7, 11) is 0. The standard InChI is InChI=1S/C33H27N7O3/c1-3-43-26-18-16-23(17-19-26)34-31-33-36-32-29(21(2)37-39(32)24-11-5-4-6-12-24)30(22-10-9-13-25(20-22)40(41)42)38(33)28-15-8-7-14-27(28)35-31/h4-20,30H,3H2,1-2H3,(H,34,35)/t30-/m0/s1. The highest BCUT2D eigenvalue weighted by Gasteiger charge is 2.41. The first-order valence-electron chi connectivity index (χ1n) is 14.0. The van der Waals surface area contributed by atoms with E-state index in [4.69, 9.17) is 19.8 Å². The lowest BCUT2D eigenvalue weighted by molar-refractivity contribution is -0.384. The van der Waals surface area contributed by atoms with Crippen molar-refractivity contribution in [1.82, 2.24) is 9.78 Å². The van der Waals surface area contributed by atoms with Crippen LogP contribution in [0.2, 0.25) is 0 Å². The first-order chi connectivity index (χ1) is 21.0. The summed E-state index contributed by atoms with van der Waals surface area (Å²) in [5.41, 5.74) is 5.67. The lowest BCUT2D eigenvalue weighted by atomic mass is 9.93. The Bertz CT molecular complexity index is 1910. The Kier molecular flexibility index (Phi) is 6.43. The average molecular weight is 570 g/mol. The van der Waals surface area contributed by atoms with Crippen LogP contribution in [-0.4, -0.2) is 33.0 Å². The Morgan fingerprint density at radius 2 is 1.70 bits per heavy atom. The van der Waals surface area contributed by atoms with Crippen LogP contribution < -0.4 is 15.0 Å². The summed E-state index contributed by atoms with van der Waals surface area (Å²) >= 11 is 0. The predicted molar refractivity (Wildman–Crippen MR) is 168 cm³/mol. The van der Waals surface area contributed by atoms with Crippen molar-refractivity contribution in [2.75, 3.05) is 16.8 Å². The third kappa shape index (κ3) is 4.58. The van der Waals surface area contributed by atoms with Crippen LogP contribution in [-0.2, 0) is 0 Å². The van der Waals surface area contributed by atoms with Gasteiger partial charge in [0.15, 0.2) is 17.5 Å². The molecule has 0 fully saturated rings. The topological polar surface area (TPSA) is 110 Å². The van der Waals surface area contributed by atoms with Crippen LogP contribution in [0.4, 0.5) is 28.6 Å². The second-order valence-corrected chi connectivity index (χ2v) is 10.2.